The first-order chi connectivity index (χ1) is 7.18. The number of carboxylic acid groups (broad SMARTS) is 1. The van der Waals surface area contributed by atoms with Crippen molar-refractivity contribution in [2.24, 2.45) is 5.92 Å². The van der Waals surface area contributed by atoms with Gasteiger partial charge < -0.3 is 14.8 Å². The second-order valence-corrected chi connectivity index (χ2v) is 4.07. The molecule has 1 aliphatic carbocycles. The molecule has 1 heterocycles. The first kappa shape index (κ1) is 10.2. The van der Waals surface area contributed by atoms with E-state index in [1.807, 2.05) is 0 Å². The average Bonchev–Trinajstić information content (AvgIpc) is 2.93. The minimum absolute atomic E-state index is 0.255. The zero-order chi connectivity index (χ0) is 10.8. The molecule has 1 aliphatic rings. The van der Waals surface area contributed by atoms with Gasteiger partial charge in [0.2, 0.25) is 0 Å². The molecule has 1 aromatic heterocycles. The molecule has 0 aromatic carbocycles. The van der Waals surface area contributed by atoms with Crippen LogP contribution < -0.4 is 5.32 Å². The zero-order valence-electron chi connectivity index (χ0n) is 8.69. The Labute approximate surface area is 88.3 Å². The molecular weight excluding hydrogens is 194 g/mol. The van der Waals surface area contributed by atoms with E-state index in [-0.39, 0.29) is 5.56 Å². The van der Waals surface area contributed by atoms with E-state index in [4.69, 9.17) is 9.52 Å². The maximum Gasteiger partial charge on any atom is 0.339 e. The fraction of sp³-hybridized carbons (Fsp3) is 0.545. The van der Waals surface area contributed by atoms with Gasteiger partial charge in [0.25, 0.3) is 0 Å². The number of nitrogens with one attached hydrogen (secondary N) is 1. The van der Waals surface area contributed by atoms with Gasteiger partial charge in [-0.3, -0.25) is 0 Å². The molecule has 0 saturated heterocycles. The number of hydrogen-bond acceptors (Lipinski definition) is 3. The van der Waals surface area contributed by atoms with Crippen LogP contribution in [-0.2, 0) is 6.54 Å². The topological polar surface area (TPSA) is 62.5 Å². The van der Waals surface area contributed by atoms with Crippen LogP contribution in [0.2, 0.25) is 0 Å². The van der Waals surface area contributed by atoms with Gasteiger partial charge in [0.15, 0.2) is 0 Å². The Morgan fingerprint density at radius 2 is 2.47 bits per heavy atom. The molecular formula is C11H15NO3. The van der Waals surface area contributed by atoms with Crippen LogP contribution in [0.3, 0.4) is 0 Å². The van der Waals surface area contributed by atoms with Crippen LogP contribution in [0, 0.1) is 5.92 Å². The normalized spacial score (nSPS) is 17.7. The first-order valence-electron chi connectivity index (χ1n) is 5.21. The van der Waals surface area contributed by atoms with Crippen LogP contribution in [-0.4, -0.2) is 17.1 Å². The first-order valence-corrected chi connectivity index (χ1v) is 5.21. The van der Waals surface area contributed by atoms with Gasteiger partial charge >= 0.3 is 5.97 Å². The van der Waals surface area contributed by atoms with Gasteiger partial charge in [0, 0.05) is 6.04 Å². The quantitative estimate of drug-likeness (QED) is 0.777. The second kappa shape index (κ2) is 4.06. The Balaban J connectivity index is 1.92. The van der Waals surface area contributed by atoms with E-state index in [0.717, 1.165) is 5.92 Å². The maximum atomic E-state index is 10.8. The van der Waals surface area contributed by atoms with Gasteiger partial charge in [-0.15, -0.1) is 0 Å². The smallest absolute Gasteiger partial charge is 0.339 e. The summed E-state index contributed by atoms with van der Waals surface area (Å²) >= 11 is 0. The molecule has 15 heavy (non-hydrogen) atoms. The highest BCUT2D eigenvalue weighted by Crippen LogP contribution is 2.32. The van der Waals surface area contributed by atoms with E-state index < -0.39 is 5.97 Å². The lowest BCUT2D eigenvalue weighted by Gasteiger charge is -2.11. The molecule has 0 radical (unpaired) electrons. The summed E-state index contributed by atoms with van der Waals surface area (Å²) in [5.74, 6) is 0.336. The molecule has 4 nitrogen and oxygen atoms in total. The van der Waals surface area contributed by atoms with Crippen LogP contribution in [0.15, 0.2) is 16.7 Å². The number of rotatable bonds is 5. The lowest BCUT2D eigenvalue weighted by Crippen LogP contribution is -2.27. The molecule has 2 rings (SSSR count). The molecule has 2 N–H and O–H groups in total. The standard InChI is InChI=1S/C11H15NO3/c1-7(8-2-3-8)12-6-10-9(11(13)14)4-5-15-10/h4-5,7-8,12H,2-3,6H2,1H3,(H,13,14). The second-order valence-electron chi connectivity index (χ2n) is 4.07. The summed E-state index contributed by atoms with van der Waals surface area (Å²) in [6.07, 6.45) is 3.97. The molecule has 82 valence electrons. The maximum absolute atomic E-state index is 10.8. The average molecular weight is 209 g/mol. The summed E-state index contributed by atoms with van der Waals surface area (Å²) in [6.45, 7) is 2.62. The molecule has 1 saturated carbocycles. The monoisotopic (exact) mass is 209 g/mol. The van der Waals surface area contributed by atoms with Crippen LogP contribution in [0.4, 0.5) is 0 Å². The highest BCUT2D eigenvalue weighted by atomic mass is 16.4. The minimum Gasteiger partial charge on any atom is -0.478 e. The number of hydrogen-bond donors (Lipinski definition) is 2. The molecule has 0 spiro atoms. The van der Waals surface area contributed by atoms with E-state index >= 15 is 0 Å². The Morgan fingerprint density at radius 3 is 3.07 bits per heavy atom. The van der Waals surface area contributed by atoms with Crippen LogP contribution in [0.1, 0.15) is 35.9 Å². The van der Waals surface area contributed by atoms with Crippen molar-refractivity contribution in [3.63, 3.8) is 0 Å². The van der Waals surface area contributed by atoms with Gasteiger partial charge in [-0.25, -0.2) is 4.79 Å². The fourth-order valence-electron chi connectivity index (χ4n) is 1.68. The highest BCUT2D eigenvalue weighted by Gasteiger charge is 2.27. The minimum atomic E-state index is -0.931. The summed E-state index contributed by atoms with van der Waals surface area (Å²) in [5, 5.41) is 12.1. The van der Waals surface area contributed by atoms with Gasteiger partial charge in [0.05, 0.1) is 12.8 Å². The Morgan fingerprint density at radius 1 is 1.73 bits per heavy atom. The van der Waals surface area contributed by atoms with Gasteiger partial charge in [-0.2, -0.15) is 0 Å². The Bertz CT molecular complexity index is 354. The lowest BCUT2D eigenvalue weighted by atomic mass is 10.2. The highest BCUT2D eigenvalue weighted by molar-refractivity contribution is 5.88. The number of furan rings is 1. The number of carboxylic acids is 1. The van der Waals surface area contributed by atoms with Crippen molar-refractivity contribution in [2.45, 2.75) is 32.4 Å². The van der Waals surface area contributed by atoms with E-state index in [0.29, 0.717) is 18.3 Å². The van der Waals surface area contributed by atoms with Crippen LogP contribution in [0.5, 0.6) is 0 Å². The molecule has 1 atom stereocenters. The molecule has 0 aliphatic heterocycles. The summed E-state index contributed by atoms with van der Waals surface area (Å²) in [7, 11) is 0. The van der Waals surface area contributed by atoms with E-state index in [9.17, 15) is 4.79 Å². The third kappa shape index (κ3) is 2.39. The van der Waals surface area contributed by atoms with E-state index in [2.05, 4.69) is 12.2 Å². The predicted octanol–water partition coefficient (Wildman–Crippen LogP) is 1.87. The van der Waals surface area contributed by atoms with Crippen molar-refractivity contribution in [1.82, 2.24) is 5.32 Å². The molecule has 1 unspecified atom stereocenters. The van der Waals surface area contributed by atoms with Gasteiger partial charge in [-0.1, -0.05) is 0 Å². The molecule has 1 fully saturated rings. The SMILES string of the molecule is CC(NCc1occc1C(=O)O)C1CC1. The van der Waals surface area contributed by atoms with E-state index in [1.54, 1.807) is 0 Å². The van der Waals surface area contributed by atoms with Crippen molar-refractivity contribution in [2.75, 3.05) is 0 Å². The van der Waals surface area contributed by atoms with Crippen molar-refractivity contribution < 1.29 is 14.3 Å². The molecule has 1 aromatic rings. The Kier molecular flexibility index (Phi) is 2.77. The van der Waals surface area contributed by atoms with E-state index in [1.165, 1.54) is 25.2 Å². The van der Waals surface area contributed by atoms with Crippen molar-refractivity contribution in [3.05, 3.63) is 23.7 Å². The summed E-state index contributed by atoms with van der Waals surface area (Å²) < 4.78 is 5.13. The lowest BCUT2D eigenvalue weighted by molar-refractivity contribution is 0.0694. The van der Waals surface area contributed by atoms with Crippen LogP contribution in [0.25, 0.3) is 0 Å². The zero-order valence-corrected chi connectivity index (χ0v) is 8.69. The van der Waals surface area contributed by atoms with Crippen LogP contribution >= 0.6 is 0 Å². The summed E-state index contributed by atoms with van der Waals surface area (Å²) in [4.78, 5) is 10.8. The number of aromatic carboxylic acids is 1. The fourth-order valence-corrected chi connectivity index (χ4v) is 1.68. The molecule has 0 bridgehead atoms. The molecule has 0 amide bonds. The summed E-state index contributed by atoms with van der Waals surface area (Å²) in [6, 6.07) is 1.93. The molecule has 4 heteroatoms. The van der Waals surface area contributed by atoms with Crippen molar-refractivity contribution >= 4 is 5.97 Å². The van der Waals surface area contributed by atoms with Gasteiger partial charge in [0.1, 0.15) is 11.3 Å². The van der Waals surface area contributed by atoms with Crippen molar-refractivity contribution in [3.8, 4) is 0 Å². The van der Waals surface area contributed by atoms with Gasteiger partial charge in [-0.05, 0) is 31.7 Å². The van der Waals surface area contributed by atoms with Crippen molar-refractivity contribution in [1.29, 1.82) is 0 Å². The summed E-state index contributed by atoms with van der Waals surface area (Å²) in [5.41, 5.74) is 0.255. The largest absolute Gasteiger partial charge is 0.478 e. The number of carbonyl (C=O) groups is 1. The third-order valence-electron chi connectivity index (χ3n) is 2.89. The Hall–Kier alpha value is -1.29. The predicted molar refractivity (Wildman–Crippen MR) is 54.7 cm³/mol. The third-order valence-corrected chi connectivity index (χ3v) is 2.89.